The second kappa shape index (κ2) is 8.12. The van der Waals surface area contributed by atoms with Gasteiger partial charge in [0.1, 0.15) is 6.10 Å². The highest BCUT2D eigenvalue weighted by Gasteiger charge is 2.20. The summed E-state index contributed by atoms with van der Waals surface area (Å²) < 4.78 is 0. The van der Waals surface area contributed by atoms with Crippen molar-refractivity contribution in [1.29, 1.82) is 0 Å². The Morgan fingerprint density at radius 3 is 2.58 bits per heavy atom. The summed E-state index contributed by atoms with van der Waals surface area (Å²) in [5.74, 6) is -0.259. The Hall–Kier alpha value is -2.86. The summed E-state index contributed by atoms with van der Waals surface area (Å²) in [6, 6.07) is 13.2. The molecule has 124 valence electrons. The number of aliphatic hydroxyl groups is 2. The highest BCUT2D eigenvalue weighted by molar-refractivity contribution is 6.12. The van der Waals surface area contributed by atoms with Crippen LogP contribution in [0.2, 0.25) is 0 Å². The van der Waals surface area contributed by atoms with E-state index in [9.17, 15) is 15.0 Å². The lowest BCUT2D eigenvalue weighted by Crippen LogP contribution is -2.20. The van der Waals surface area contributed by atoms with Crippen LogP contribution < -0.4 is 5.73 Å². The molecule has 2 aromatic rings. The summed E-state index contributed by atoms with van der Waals surface area (Å²) in [5.41, 5.74) is 15.5. The smallest absolute Gasteiger partial charge is 0.195 e. The molecule has 0 aliphatic carbocycles. The molecule has 0 saturated carbocycles. The number of carbonyl (C=O) groups excluding carboxylic acids is 1. The lowest BCUT2D eigenvalue weighted by Gasteiger charge is -2.18. The first kappa shape index (κ1) is 17.5. The Morgan fingerprint density at radius 2 is 1.92 bits per heavy atom. The molecule has 0 fully saturated rings. The lowest BCUT2D eigenvalue weighted by atomic mass is 9.95. The number of hydrogen-bond acceptors (Lipinski definition) is 5. The van der Waals surface area contributed by atoms with Crippen molar-refractivity contribution in [3.05, 3.63) is 75.7 Å². The van der Waals surface area contributed by atoms with Crippen molar-refractivity contribution < 1.29 is 15.0 Å². The average Bonchev–Trinajstić information content (AvgIpc) is 2.62. The minimum atomic E-state index is -1.21. The zero-order valence-electron chi connectivity index (χ0n) is 12.9. The molecule has 7 heteroatoms. The second-order valence-electron chi connectivity index (χ2n) is 5.30. The van der Waals surface area contributed by atoms with E-state index in [1.807, 2.05) is 0 Å². The van der Waals surface area contributed by atoms with E-state index < -0.39 is 12.2 Å². The number of nitrogens with two attached hydrogens (primary N) is 1. The summed E-state index contributed by atoms with van der Waals surface area (Å²) in [5, 5.41) is 23.5. The van der Waals surface area contributed by atoms with Crippen LogP contribution in [0.3, 0.4) is 0 Å². The molecule has 0 saturated heterocycles. The number of nitrogens with zero attached hydrogens (tertiary/aromatic N) is 3. The van der Waals surface area contributed by atoms with Crippen LogP contribution in [0, 0.1) is 0 Å². The van der Waals surface area contributed by atoms with Crippen LogP contribution in [0.15, 0.2) is 53.6 Å². The van der Waals surface area contributed by atoms with Gasteiger partial charge in [-0.25, -0.2) is 0 Å². The van der Waals surface area contributed by atoms with Crippen molar-refractivity contribution in [2.45, 2.75) is 18.6 Å². The third-order valence-electron chi connectivity index (χ3n) is 3.65. The summed E-state index contributed by atoms with van der Waals surface area (Å²) in [4.78, 5) is 15.1. The van der Waals surface area contributed by atoms with Gasteiger partial charge in [0.05, 0.1) is 6.10 Å². The van der Waals surface area contributed by atoms with Crippen molar-refractivity contribution in [2.75, 3.05) is 12.3 Å². The molecule has 0 spiro atoms. The first-order chi connectivity index (χ1) is 11.5. The van der Waals surface area contributed by atoms with E-state index in [1.54, 1.807) is 36.4 Å². The zero-order chi connectivity index (χ0) is 17.5. The van der Waals surface area contributed by atoms with Gasteiger partial charge < -0.3 is 15.9 Å². The highest BCUT2D eigenvalue weighted by Crippen LogP contribution is 2.25. The molecule has 2 atom stereocenters. The number of rotatable bonds is 7. The Labute approximate surface area is 139 Å². The molecule has 0 heterocycles. The van der Waals surface area contributed by atoms with Crippen LogP contribution in [0.5, 0.6) is 0 Å². The molecule has 0 radical (unpaired) electrons. The summed E-state index contributed by atoms with van der Waals surface area (Å²) >= 11 is 0. The van der Waals surface area contributed by atoms with Crippen LogP contribution in [0.4, 0.5) is 5.69 Å². The third-order valence-corrected chi connectivity index (χ3v) is 3.65. The fourth-order valence-corrected chi connectivity index (χ4v) is 2.31. The predicted molar refractivity (Wildman–Crippen MR) is 90.3 cm³/mol. The molecule has 24 heavy (non-hydrogen) atoms. The minimum absolute atomic E-state index is 0.0690. The topological polar surface area (TPSA) is 132 Å². The molecule has 0 aromatic heterocycles. The van der Waals surface area contributed by atoms with Crippen LogP contribution in [0.25, 0.3) is 10.4 Å². The van der Waals surface area contributed by atoms with Crippen molar-refractivity contribution in [3.8, 4) is 0 Å². The van der Waals surface area contributed by atoms with E-state index >= 15 is 0 Å². The van der Waals surface area contributed by atoms with Gasteiger partial charge in [0, 0.05) is 28.3 Å². The van der Waals surface area contributed by atoms with Crippen LogP contribution in [0.1, 0.15) is 34.0 Å². The van der Waals surface area contributed by atoms with E-state index in [2.05, 4.69) is 10.0 Å². The largest absolute Gasteiger partial charge is 0.398 e. The number of azide groups is 1. The highest BCUT2D eigenvalue weighted by atomic mass is 16.3. The predicted octanol–water partition coefficient (Wildman–Crippen LogP) is 2.59. The molecule has 7 nitrogen and oxygen atoms in total. The van der Waals surface area contributed by atoms with Gasteiger partial charge in [-0.2, -0.15) is 0 Å². The van der Waals surface area contributed by atoms with Gasteiger partial charge in [-0.3, -0.25) is 4.79 Å². The Bertz CT molecular complexity index is 758. The van der Waals surface area contributed by atoms with Crippen molar-refractivity contribution in [2.24, 2.45) is 5.11 Å². The summed E-state index contributed by atoms with van der Waals surface area (Å²) in [6.07, 6.45) is -2.21. The second-order valence-corrected chi connectivity index (χ2v) is 5.30. The first-order valence-electron chi connectivity index (χ1n) is 7.40. The maximum Gasteiger partial charge on any atom is 0.195 e. The fraction of sp³-hybridized carbons (Fsp3) is 0.235. The number of hydrogen-bond donors (Lipinski definition) is 3. The van der Waals surface area contributed by atoms with Crippen LogP contribution in [-0.4, -0.2) is 28.6 Å². The van der Waals surface area contributed by atoms with Crippen molar-refractivity contribution in [3.63, 3.8) is 0 Å². The molecule has 2 aromatic carbocycles. The SMILES string of the molecule is [N-]=[N+]=NCCC(O)C(O)c1ccc(N)c(C(=O)c2ccccc2)c1. The molecular formula is C17H18N4O3. The number of anilines is 1. The van der Waals surface area contributed by atoms with Crippen molar-refractivity contribution in [1.82, 2.24) is 0 Å². The molecule has 0 aliphatic rings. The monoisotopic (exact) mass is 326 g/mol. The van der Waals surface area contributed by atoms with E-state index in [1.165, 1.54) is 12.1 Å². The number of nitrogen functional groups attached to an aromatic ring is 1. The first-order valence-corrected chi connectivity index (χ1v) is 7.40. The minimum Gasteiger partial charge on any atom is -0.398 e. The number of ketones is 1. The molecule has 2 rings (SSSR count). The van der Waals surface area contributed by atoms with Gasteiger partial charge in [0.2, 0.25) is 0 Å². The quantitative estimate of drug-likeness (QED) is 0.237. The van der Waals surface area contributed by atoms with Gasteiger partial charge in [-0.1, -0.05) is 41.5 Å². The van der Waals surface area contributed by atoms with Gasteiger partial charge >= 0.3 is 0 Å². The Balaban J connectivity index is 2.25. The summed E-state index contributed by atoms with van der Waals surface area (Å²) in [6.45, 7) is 0.0690. The number of carbonyl (C=O) groups is 1. The van der Waals surface area contributed by atoms with Gasteiger partial charge in [-0.15, -0.1) is 0 Å². The molecule has 2 unspecified atom stereocenters. The normalized spacial score (nSPS) is 12.9. The average molecular weight is 326 g/mol. The maximum atomic E-state index is 12.5. The fourth-order valence-electron chi connectivity index (χ4n) is 2.31. The summed E-state index contributed by atoms with van der Waals surface area (Å²) in [7, 11) is 0. The Kier molecular flexibility index (Phi) is 5.92. The number of benzene rings is 2. The van der Waals surface area contributed by atoms with E-state index in [0.29, 0.717) is 16.8 Å². The van der Waals surface area contributed by atoms with Gasteiger partial charge in [0.25, 0.3) is 0 Å². The zero-order valence-corrected chi connectivity index (χ0v) is 12.9. The van der Waals surface area contributed by atoms with Crippen LogP contribution in [-0.2, 0) is 0 Å². The van der Waals surface area contributed by atoms with Gasteiger partial charge in [0.15, 0.2) is 5.78 Å². The Morgan fingerprint density at radius 1 is 1.21 bits per heavy atom. The molecule has 0 aliphatic heterocycles. The van der Waals surface area contributed by atoms with Crippen LogP contribution >= 0.6 is 0 Å². The van der Waals surface area contributed by atoms with E-state index in [-0.39, 0.29) is 24.3 Å². The maximum absolute atomic E-state index is 12.5. The lowest BCUT2D eigenvalue weighted by molar-refractivity contribution is 0.0150. The van der Waals surface area contributed by atoms with Crippen molar-refractivity contribution >= 4 is 11.5 Å². The molecule has 0 bridgehead atoms. The van der Waals surface area contributed by atoms with E-state index in [0.717, 1.165) is 0 Å². The number of aliphatic hydroxyl groups excluding tert-OH is 2. The van der Waals surface area contributed by atoms with Gasteiger partial charge in [-0.05, 0) is 29.6 Å². The molecular weight excluding hydrogens is 308 g/mol. The van der Waals surface area contributed by atoms with E-state index in [4.69, 9.17) is 11.3 Å². The molecule has 4 N–H and O–H groups in total. The standard InChI is InChI=1S/C17H18N4O3/c18-14-7-6-12(17(24)15(22)8-9-20-21-19)10-13(14)16(23)11-4-2-1-3-5-11/h1-7,10,15,17,22,24H,8-9,18H2. The third kappa shape index (κ3) is 4.11. The molecule has 0 amide bonds.